The predicted octanol–water partition coefficient (Wildman–Crippen LogP) is 2.27. The number of nitrogens with one attached hydrogen (secondary N) is 2. The molecule has 0 radical (unpaired) electrons. The fourth-order valence-electron chi connectivity index (χ4n) is 2.25. The van der Waals surface area contributed by atoms with Crippen molar-refractivity contribution < 1.29 is 9.13 Å². The molecule has 1 saturated carbocycles. The molecule has 0 amide bonds. The summed E-state index contributed by atoms with van der Waals surface area (Å²) in [5.41, 5.74) is 2.13. The van der Waals surface area contributed by atoms with E-state index < -0.39 is 0 Å². The van der Waals surface area contributed by atoms with E-state index in [-0.39, 0.29) is 5.82 Å². The van der Waals surface area contributed by atoms with E-state index in [4.69, 9.17) is 4.74 Å². The molecule has 5 heteroatoms. The number of aliphatic imine (C=N–C) groups is 1. The molecule has 0 bridgehead atoms. The van der Waals surface area contributed by atoms with E-state index in [0.717, 1.165) is 49.1 Å². The Balaban J connectivity index is 1.60. The minimum absolute atomic E-state index is 0.183. The van der Waals surface area contributed by atoms with Crippen LogP contribution in [-0.4, -0.2) is 39.3 Å². The highest BCUT2D eigenvalue weighted by atomic mass is 19.1. The molecule has 122 valence electrons. The van der Waals surface area contributed by atoms with Gasteiger partial charge in [0.25, 0.3) is 0 Å². The van der Waals surface area contributed by atoms with Gasteiger partial charge in [-0.25, -0.2) is 4.39 Å². The lowest BCUT2D eigenvalue weighted by Gasteiger charge is -2.13. The molecule has 1 aromatic carbocycles. The highest BCUT2D eigenvalue weighted by molar-refractivity contribution is 5.79. The summed E-state index contributed by atoms with van der Waals surface area (Å²) in [5, 5.41) is 6.49. The normalized spacial score (nSPS) is 15.0. The van der Waals surface area contributed by atoms with Crippen molar-refractivity contribution in [1.82, 2.24) is 10.6 Å². The van der Waals surface area contributed by atoms with Gasteiger partial charge in [0.1, 0.15) is 5.82 Å². The van der Waals surface area contributed by atoms with Gasteiger partial charge in [-0.1, -0.05) is 6.07 Å². The molecule has 0 saturated heterocycles. The van der Waals surface area contributed by atoms with Crippen LogP contribution < -0.4 is 10.6 Å². The van der Waals surface area contributed by atoms with Gasteiger partial charge >= 0.3 is 0 Å². The smallest absolute Gasteiger partial charge is 0.191 e. The first kappa shape index (κ1) is 16.7. The third-order valence-electron chi connectivity index (χ3n) is 3.80. The van der Waals surface area contributed by atoms with Gasteiger partial charge in [0.2, 0.25) is 0 Å². The second kappa shape index (κ2) is 8.73. The van der Waals surface area contributed by atoms with Crippen LogP contribution in [0.4, 0.5) is 4.39 Å². The lowest BCUT2D eigenvalue weighted by Crippen LogP contribution is -2.39. The van der Waals surface area contributed by atoms with Gasteiger partial charge in [0.05, 0.1) is 6.61 Å². The number of hydrogen-bond acceptors (Lipinski definition) is 2. The number of ether oxygens (including phenoxy) is 1. The van der Waals surface area contributed by atoms with Crippen LogP contribution in [0.2, 0.25) is 0 Å². The minimum Gasteiger partial charge on any atom is -0.379 e. The summed E-state index contributed by atoms with van der Waals surface area (Å²) < 4.78 is 18.6. The molecule has 1 aromatic rings. The highest BCUT2D eigenvalue weighted by Crippen LogP contribution is 2.28. The minimum atomic E-state index is -0.183. The van der Waals surface area contributed by atoms with E-state index >= 15 is 0 Å². The largest absolute Gasteiger partial charge is 0.379 e. The van der Waals surface area contributed by atoms with E-state index in [1.54, 1.807) is 13.1 Å². The molecule has 22 heavy (non-hydrogen) atoms. The van der Waals surface area contributed by atoms with E-state index in [9.17, 15) is 4.39 Å². The van der Waals surface area contributed by atoms with E-state index in [1.165, 1.54) is 18.9 Å². The first-order chi connectivity index (χ1) is 10.7. The highest BCUT2D eigenvalue weighted by Gasteiger charge is 2.20. The fraction of sp³-hybridized carbons (Fsp3) is 0.588. The second-order valence-corrected chi connectivity index (χ2v) is 5.76. The number of rotatable bonds is 8. The Bertz CT molecular complexity index is 501. The number of aryl methyl sites for hydroxylation is 1. The van der Waals surface area contributed by atoms with Crippen LogP contribution in [0.15, 0.2) is 23.2 Å². The number of hydrogen-bond donors (Lipinski definition) is 2. The van der Waals surface area contributed by atoms with Crippen molar-refractivity contribution in [1.29, 1.82) is 0 Å². The van der Waals surface area contributed by atoms with Crippen LogP contribution in [0, 0.1) is 18.7 Å². The molecule has 0 aliphatic heterocycles. The quantitative estimate of drug-likeness (QED) is 0.440. The van der Waals surface area contributed by atoms with Crippen LogP contribution in [0.3, 0.4) is 0 Å². The monoisotopic (exact) mass is 307 g/mol. The van der Waals surface area contributed by atoms with Crippen LogP contribution in [0.1, 0.15) is 24.0 Å². The zero-order chi connectivity index (χ0) is 15.8. The van der Waals surface area contributed by atoms with E-state index in [2.05, 4.69) is 15.6 Å². The van der Waals surface area contributed by atoms with Crippen LogP contribution in [-0.2, 0) is 11.2 Å². The predicted molar refractivity (Wildman–Crippen MR) is 87.7 cm³/mol. The average molecular weight is 307 g/mol. The molecule has 2 rings (SSSR count). The Labute approximate surface area is 132 Å². The third kappa shape index (κ3) is 6.02. The van der Waals surface area contributed by atoms with Crippen molar-refractivity contribution in [2.24, 2.45) is 10.9 Å². The Morgan fingerprint density at radius 1 is 1.32 bits per heavy atom. The zero-order valence-electron chi connectivity index (χ0n) is 13.5. The molecule has 4 nitrogen and oxygen atoms in total. The molecule has 0 heterocycles. The first-order valence-corrected chi connectivity index (χ1v) is 7.96. The summed E-state index contributed by atoms with van der Waals surface area (Å²) in [6, 6.07) is 4.92. The Hall–Kier alpha value is -1.62. The maximum atomic E-state index is 13.1. The second-order valence-electron chi connectivity index (χ2n) is 5.76. The number of nitrogens with zero attached hydrogens (tertiary/aromatic N) is 1. The molecule has 0 unspecified atom stereocenters. The standard InChI is InChI=1S/C17H26FN3O/c1-13-11-16(18)6-5-15(13)7-8-20-17(19-2)21-9-10-22-12-14-3-4-14/h5-6,11,14H,3-4,7-10,12H2,1-2H3,(H2,19,20,21). The van der Waals surface area contributed by atoms with Gasteiger partial charge in [-0.2, -0.15) is 0 Å². The Morgan fingerprint density at radius 3 is 2.77 bits per heavy atom. The summed E-state index contributed by atoms with van der Waals surface area (Å²) in [4.78, 5) is 4.18. The van der Waals surface area contributed by atoms with Crippen molar-refractivity contribution in [2.45, 2.75) is 26.2 Å². The molecular weight excluding hydrogens is 281 g/mol. The SMILES string of the molecule is CN=C(NCCOCC1CC1)NCCc1ccc(F)cc1C. The molecule has 0 spiro atoms. The molecule has 1 aliphatic carbocycles. The van der Waals surface area contributed by atoms with Crippen LogP contribution in [0.5, 0.6) is 0 Å². The van der Waals surface area contributed by atoms with Gasteiger partial charge in [-0.15, -0.1) is 0 Å². The molecule has 1 fully saturated rings. The summed E-state index contributed by atoms with van der Waals surface area (Å²) in [5.74, 6) is 1.39. The Morgan fingerprint density at radius 2 is 2.09 bits per heavy atom. The summed E-state index contributed by atoms with van der Waals surface area (Å²) in [6.07, 6.45) is 3.48. The fourth-order valence-corrected chi connectivity index (χ4v) is 2.25. The van der Waals surface area contributed by atoms with Crippen molar-refractivity contribution in [2.75, 3.05) is 33.4 Å². The maximum Gasteiger partial charge on any atom is 0.191 e. The molecule has 0 atom stereocenters. The van der Waals surface area contributed by atoms with Gasteiger partial charge in [-0.05, 0) is 55.4 Å². The molecular formula is C17H26FN3O. The number of guanidine groups is 1. The van der Waals surface area contributed by atoms with Crippen LogP contribution in [0.25, 0.3) is 0 Å². The summed E-state index contributed by atoms with van der Waals surface area (Å²) in [6.45, 7) is 5.03. The lowest BCUT2D eigenvalue weighted by atomic mass is 10.1. The zero-order valence-corrected chi connectivity index (χ0v) is 13.5. The Kier molecular flexibility index (Phi) is 6.65. The average Bonchev–Trinajstić information content (AvgIpc) is 3.31. The number of halogens is 1. The van der Waals surface area contributed by atoms with E-state index in [1.807, 2.05) is 13.0 Å². The van der Waals surface area contributed by atoms with Gasteiger partial charge in [-0.3, -0.25) is 4.99 Å². The van der Waals surface area contributed by atoms with E-state index in [0.29, 0.717) is 6.61 Å². The van der Waals surface area contributed by atoms with Crippen molar-refractivity contribution in [3.05, 3.63) is 35.1 Å². The molecule has 1 aliphatic rings. The summed E-state index contributed by atoms with van der Waals surface area (Å²) in [7, 11) is 1.75. The molecule has 2 N–H and O–H groups in total. The summed E-state index contributed by atoms with van der Waals surface area (Å²) >= 11 is 0. The van der Waals surface area contributed by atoms with Crippen LogP contribution >= 0.6 is 0 Å². The van der Waals surface area contributed by atoms with Crippen molar-refractivity contribution in [3.8, 4) is 0 Å². The van der Waals surface area contributed by atoms with Gasteiger partial charge in [0, 0.05) is 26.7 Å². The number of benzene rings is 1. The van der Waals surface area contributed by atoms with Crippen molar-refractivity contribution >= 4 is 5.96 Å². The first-order valence-electron chi connectivity index (χ1n) is 7.96. The third-order valence-corrected chi connectivity index (χ3v) is 3.80. The van der Waals surface area contributed by atoms with Gasteiger partial charge < -0.3 is 15.4 Å². The maximum absolute atomic E-state index is 13.1. The molecule has 0 aromatic heterocycles. The lowest BCUT2D eigenvalue weighted by molar-refractivity contribution is 0.129. The van der Waals surface area contributed by atoms with Crippen molar-refractivity contribution in [3.63, 3.8) is 0 Å². The van der Waals surface area contributed by atoms with Gasteiger partial charge in [0.15, 0.2) is 5.96 Å². The topological polar surface area (TPSA) is 45.7 Å².